The maximum atomic E-state index is 9.29. The van der Waals surface area contributed by atoms with Gasteiger partial charge < -0.3 is 14.8 Å². The van der Waals surface area contributed by atoms with Gasteiger partial charge in [-0.1, -0.05) is 0 Å². The number of ether oxygens (including phenoxy) is 2. The van der Waals surface area contributed by atoms with E-state index in [1.165, 1.54) is 0 Å². The summed E-state index contributed by atoms with van der Waals surface area (Å²) >= 11 is 0. The van der Waals surface area contributed by atoms with E-state index in [-0.39, 0.29) is 17.7 Å². The van der Waals surface area contributed by atoms with Gasteiger partial charge in [0, 0.05) is 33.4 Å². The molecular formula is C13H23N3O2. The molecule has 0 bridgehead atoms. The maximum absolute atomic E-state index is 9.29. The highest BCUT2D eigenvalue weighted by Crippen LogP contribution is 2.34. The van der Waals surface area contributed by atoms with Gasteiger partial charge >= 0.3 is 0 Å². The van der Waals surface area contributed by atoms with Crippen molar-refractivity contribution in [1.82, 2.24) is 10.2 Å². The van der Waals surface area contributed by atoms with Gasteiger partial charge in [-0.3, -0.25) is 4.90 Å². The van der Waals surface area contributed by atoms with Crippen molar-refractivity contribution in [3.8, 4) is 6.07 Å². The Hall–Kier alpha value is -0.670. The van der Waals surface area contributed by atoms with E-state index >= 15 is 0 Å². The molecule has 0 aromatic heterocycles. The first-order valence-electron chi connectivity index (χ1n) is 6.58. The van der Waals surface area contributed by atoms with Gasteiger partial charge in [0.2, 0.25) is 0 Å². The molecule has 2 aliphatic rings. The molecule has 102 valence electrons. The predicted octanol–water partition coefficient (Wildman–Crippen LogP) is 0.366. The maximum Gasteiger partial charge on any atom is 0.108 e. The lowest BCUT2D eigenvalue weighted by molar-refractivity contribution is -0.00461. The van der Waals surface area contributed by atoms with Crippen LogP contribution in [0.4, 0.5) is 0 Å². The largest absolute Gasteiger partial charge is 0.377 e. The second kappa shape index (κ2) is 5.54. The Morgan fingerprint density at radius 2 is 1.89 bits per heavy atom. The van der Waals surface area contributed by atoms with Crippen molar-refractivity contribution in [2.45, 2.75) is 43.1 Å². The Balaban J connectivity index is 1.97. The summed E-state index contributed by atoms with van der Waals surface area (Å²) in [6.07, 6.45) is 3.20. The van der Waals surface area contributed by atoms with Crippen LogP contribution in [0.3, 0.4) is 0 Å². The summed E-state index contributed by atoms with van der Waals surface area (Å²) in [5.74, 6) is 0. The smallest absolute Gasteiger partial charge is 0.108 e. The number of nitrogens with one attached hydrogen (secondary N) is 1. The summed E-state index contributed by atoms with van der Waals surface area (Å²) in [6, 6.07) is 2.90. The SMILES string of the molecule is CNC1(C#N)CCC(N2CC(OC)C(OC)C2)C1. The van der Waals surface area contributed by atoms with Crippen LogP contribution in [0.5, 0.6) is 0 Å². The van der Waals surface area contributed by atoms with Crippen molar-refractivity contribution in [3.63, 3.8) is 0 Å². The van der Waals surface area contributed by atoms with E-state index in [4.69, 9.17) is 9.47 Å². The molecule has 0 spiro atoms. The Labute approximate surface area is 109 Å². The van der Waals surface area contributed by atoms with Crippen molar-refractivity contribution in [1.29, 1.82) is 5.26 Å². The first-order valence-corrected chi connectivity index (χ1v) is 6.58. The summed E-state index contributed by atoms with van der Waals surface area (Å²) in [6.45, 7) is 1.82. The Bertz CT molecular complexity index is 319. The van der Waals surface area contributed by atoms with Crippen LogP contribution in [0.25, 0.3) is 0 Å². The fraction of sp³-hybridized carbons (Fsp3) is 0.923. The third kappa shape index (κ3) is 2.39. The zero-order valence-electron chi connectivity index (χ0n) is 11.5. The Morgan fingerprint density at radius 1 is 1.28 bits per heavy atom. The molecule has 1 saturated heterocycles. The number of methoxy groups -OCH3 is 2. The zero-order chi connectivity index (χ0) is 13.2. The predicted molar refractivity (Wildman–Crippen MR) is 68.2 cm³/mol. The quantitative estimate of drug-likeness (QED) is 0.784. The van der Waals surface area contributed by atoms with E-state index in [0.29, 0.717) is 6.04 Å². The number of hydrogen-bond acceptors (Lipinski definition) is 5. The van der Waals surface area contributed by atoms with Crippen LogP contribution >= 0.6 is 0 Å². The van der Waals surface area contributed by atoms with E-state index in [9.17, 15) is 5.26 Å². The molecule has 4 unspecified atom stereocenters. The standard InChI is InChI=1S/C13H23N3O2/c1-15-13(9-14)5-4-10(6-13)16-7-11(17-2)12(8-16)18-3/h10-12,15H,4-8H2,1-3H3. The number of nitrogens with zero attached hydrogens (tertiary/aromatic N) is 2. The van der Waals surface area contributed by atoms with Gasteiger partial charge in [0.15, 0.2) is 0 Å². The molecule has 0 amide bonds. The second-order valence-corrected chi connectivity index (χ2v) is 5.34. The molecule has 1 heterocycles. The minimum absolute atomic E-state index is 0.154. The number of likely N-dealkylation sites (tertiary alicyclic amines) is 1. The molecule has 1 aliphatic carbocycles. The van der Waals surface area contributed by atoms with Crippen LogP contribution in [0.2, 0.25) is 0 Å². The Kier molecular flexibility index (Phi) is 4.23. The van der Waals surface area contributed by atoms with E-state index in [1.807, 2.05) is 7.05 Å². The van der Waals surface area contributed by atoms with Gasteiger partial charge in [-0.05, 0) is 26.3 Å². The molecular weight excluding hydrogens is 230 g/mol. The summed E-state index contributed by atoms with van der Waals surface area (Å²) < 4.78 is 10.9. The van der Waals surface area contributed by atoms with Crippen LogP contribution in [0.1, 0.15) is 19.3 Å². The molecule has 5 nitrogen and oxygen atoms in total. The average molecular weight is 253 g/mol. The molecule has 1 aliphatic heterocycles. The highest BCUT2D eigenvalue weighted by atomic mass is 16.5. The third-order valence-corrected chi connectivity index (χ3v) is 4.55. The average Bonchev–Trinajstić information content (AvgIpc) is 3.02. The highest BCUT2D eigenvalue weighted by Gasteiger charge is 2.44. The van der Waals surface area contributed by atoms with Gasteiger partial charge in [-0.2, -0.15) is 5.26 Å². The van der Waals surface area contributed by atoms with E-state index < -0.39 is 0 Å². The Morgan fingerprint density at radius 3 is 2.28 bits per heavy atom. The molecule has 4 atom stereocenters. The first-order chi connectivity index (χ1) is 8.68. The van der Waals surface area contributed by atoms with Crippen molar-refractivity contribution in [3.05, 3.63) is 0 Å². The van der Waals surface area contributed by atoms with Crippen LogP contribution < -0.4 is 5.32 Å². The van der Waals surface area contributed by atoms with Crippen LogP contribution in [-0.2, 0) is 9.47 Å². The number of rotatable bonds is 4. The zero-order valence-corrected chi connectivity index (χ0v) is 11.5. The van der Waals surface area contributed by atoms with E-state index in [2.05, 4.69) is 16.3 Å². The van der Waals surface area contributed by atoms with Crippen LogP contribution in [-0.4, -0.2) is 63.0 Å². The van der Waals surface area contributed by atoms with Gasteiger partial charge in [0.25, 0.3) is 0 Å². The highest BCUT2D eigenvalue weighted by molar-refractivity contribution is 5.13. The van der Waals surface area contributed by atoms with Gasteiger partial charge in [-0.25, -0.2) is 0 Å². The van der Waals surface area contributed by atoms with Crippen molar-refractivity contribution >= 4 is 0 Å². The molecule has 5 heteroatoms. The summed E-state index contributed by atoms with van der Waals surface area (Å²) in [5, 5.41) is 12.5. The monoisotopic (exact) mass is 253 g/mol. The first kappa shape index (κ1) is 13.8. The van der Waals surface area contributed by atoms with Crippen molar-refractivity contribution < 1.29 is 9.47 Å². The van der Waals surface area contributed by atoms with Crippen molar-refractivity contribution in [2.24, 2.45) is 0 Å². The lowest BCUT2D eigenvalue weighted by Gasteiger charge is -2.25. The third-order valence-electron chi connectivity index (χ3n) is 4.55. The number of hydrogen-bond donors (Lipinski definition) is 1. The molecule has 1 saturated carbocycles. The summed E-state index contributed by atoms with van der Waals surface area (Å²) in [5.41, 5.74) is -0.335. The molecule has 0 aromatic rings. The summed E-state index contributed by atoms with van der Waals surface area (Å²) in [7, 11) is 5.36. The van der Waals surface area contributed by atoms with Crippen LogP contribution in [0, 0.1) is 11.3 Å². The molecule has 2 rings (SSSR count). The molecule has 1 N–H and O–H groups in total. The minimum Gasteiger partial charge on any atom is -0.377 e. The molecule has 2 fully saturated rings. The van der Waals surface area contributed by atoms with Gasteiger partial charge in [0.05, 0.1) is 18.3 Å². The molecule has 0 radical (unpaired) electrons. The van der Waals surface area contributed by atoms with E-state index in [0.717, 1.165) is 32.4 Å². The fourth-order valence-electron chi connectivity index (χ4n) is 3.24. The minimum atomic E-state index is -0.335. The molecule has 18 heavy (non-hydrogen) atoms. The van der Waals surface area contributed by atoms with E-state index in [1.54, 1.807) is 14.2 Å². The molecule has 0 aromatic carbocycles. The second-order valence-electron chi connectivity index (χ2n) is 5.34. The van der Waals surface area contributed by atoms with Gasteiger partial charge in [0.1, 0.15) is 5.54 Å². The van der Waals surface area contributed by atoms with Crippen LogP contribution in [0.15, 0.2) is 0 Å². The fourth-order valence-corrected chi connectivity index (χ4v) is 3.24. The number of nitriles is 1. The van der Waals surface area contributed by atoms with Gasteiger partial charge in [-0.15, -0.1) is 0 Å². The lowest BCUT2D eigenvalue weighted by Crippen LogP contribution is -2.41. The lowest BCUT2D eigenvalue weighted by atomic mass is 10.00. The van der Waals surface area contributed by atoms with Crippen molar-refractivity contribution in [2.75, 3.05) is 34.4 Å². The normalized spacial score (nSPS) is 41.1. The topological polar surface area (TPSA) is 57.5 Å². The summed E-state index contributed by atoms with van der Waals surface area (Å²) in [4.78, 5) is 2.42.